The van der Waals surface area contributed by atoms with Gasteiger partial charge in [-0.15, -0.1) is 5.06 Å². The summed E-state index contributed by atoms with van der Waals surface area (Å²) in [5, 5.41) is 6.81. The van der Waals surface area contributed by atoms with Crippen LogP contribution in [0, 0.1) is 0 Å². The lowest BCUT2D eigenvalue weighted by molar-refractivity contribution is -0.137. The number of hydroxylamine groups is 2. The van der Waals surface area contributed by atoms with E-state index in [1.54, 1.807) is 4.90 Å². The van der Waals surface area contributed by atoms with Gasteiger partial charge in [0.15, 0.2) is 0 Å². The molecule has 0 radical (unpaired) electrons. The number of fused-ring (bicyclic) bond motifs is 1. The maximum Gasteiger partial charge on any atom is 0.426 e. The first-order chi connectivity index (χ1) is 23.0. The fourth-order valence-electron chi connectivity index (χ4n) is 7.11. The lowest BCUT2D eigenvalue weighted by Gasteiger charge is -2.43. The average Bonchev–Trinajstić information content (AvgIpc) is 3.19. The second-order valence-electron chi connectivity index (χ2n) is 13.0. The number of carbonyl (C=O) groups excluding carboxylic acids is 3. The molecule has 15 heteroatoms. The molecule has 3 saturated heterocycles. The third-order valence-electron chi connectivity index (χ3n) is 9.93. The van der Waals surface area contributed by atoms with Gasteiger partial charge in [0.05, 0.1) is 16.3 Å². The molecule has 0 bridgehead atoms. The lowest BCUT2D eigenvalue weighted by Crippen LogP contribution is -2.56. The van der Waals surface area contributed by atoms with Gasteiger partial charge in [0.25, 0.3) is 0 Å². The Bertz CT molecular complexity index is 1510. The number of piperidine rings is 2. The average molecular weight is 692 g/mol. The zero-order valence-electron chi connectivity index (χ0n) is 26.6. The van der Waals surface area contributed by atoms with Crippen LogP contribution in [0.15, 0.2) is 36.4 Å². The lowest BCUT2D eigenvalue weighted by atomic mass is 9.97. The number of hydrogen-bond acceptors (Lipinski definition) is 7. The minimum atomic E-state index is -4.75. The predicted molar refractivity (Wildman–Crippen MR) is 174 cm³/mol. The number of hydrogen-bond donors (Lipinski definition) is 3. The number of nitrogens with one attached hydrogen (secondary N) is 2. The van der Waals surface area contributed by atoms with Crippen LogP contribution in [0.4, 0.5) is 34.1 Å². The molecular weight excluding hydrogens is 651 g/mol. The molecule has 4 amide bonds. The number of benzene rings is 2. The fraction of sp³-hybridized carbons (Fsp3) is 0.545. The Labute approximate surface area is 282 Å². The highest BCUT2D eigenvalue weighted by atomic mass is 35.5. The van der Waals surface area contributed by atoms with E-state index in [1.807, 2.05) is 29.2 Å². The summed E-state index contributed by atoms with van der Waals surface area (Å²) in [6, 6.07) is 8.86. The van der Waals surface area contributed by atoms with Crippen LogP contribution in [0.2, 0.25) is 5.02 Å². The molecule has 48 heavy (non-hydrogen) atoms. The predicted octanol–water partition coefficient (Wildman–Crippen LogP) is 4.74. The summed E-state index contributed by atoms with van der Waals surface area (Å²) in [5.74, 6) is -0.401. The Morgan fingerprint density at radius 3 is 2.35 bits per heavy atom. The summed E-state index contributed by atoms with van der Waals surface area (Å²) in [7, 11) is 0. The standard InChI is InChI=1S/C33H41ClF3N7O4/c34-26-19-21(18-25(29(26)38)33(35,36)37)20-28(30(45)42-13-7-23(8-14-42)41-11-3-12-41)40-32(47)48-43-15-9-24(10-16-43)44-17-6-22-4-1-2-5-27(22)39-31(44)46/h1-2,4-5,18-19,23-24,28H,3,6-17,20,38H2,(H,39,46)(H,40,47)/t28-/m1/s1. The van der Waals surface area contributed by atoms with Crippen molar-refractivity contribution in [1.29, 1.82) is 0 Å². The summed E-state index contributed by atoms with van der Waals surface area (Å²) in [6.45, 7) is 4.34. The van der Waals surface area contributed by atoms with E-state index in [0.717, 1.165) is 56.1 Å². The molecule has 6 rings (SSSR count). The van der Waals surface area contributed by atoms with E-state index < -0.39 is 35.5 Å². The van der Waals surface area contributed by atoms with Gasteiger partial charge in [0.2, 0.25) is 5.91 Å². The molecule has 1 atom stereocenters. The smallest absolute Gasteiger partial charge is 0.397 e. The molecular formula is C33H41ClF3N7O4. The van der Waals surface area contributed by atoms with Crippen molar-refractivity contribution in [3.05, 3.63) is 58.1 Å². The Balaban J connectivity index is 1.09. The summed E-state index contributed by atoms with van der Waals surface area (Å²) >= 11 is 6.07. The zero-order chi connectivity index (χ0) is 34.0. The van der Waals surface area contributed by atoms with Crippen LogP contribution >= 0.6 is 11.6 Å². The molecule has 0 aromatic heterocycles. The number of para-hydroxylation sites is 1. The summed E-state index contributed by atoms with van der Waals surface area (Å²) < 4.78 is 41.1. The molecule has 2 aromatic carbocycles. The normalized spacial score (nSPS) is 20.7. The first-order valence-electron chi connectivity index (χ1n) is 16.5. The Morgan fingerprint density at radius 2 is 1.69 bits per heavy atom. The molecule has 260 valence electrons. The first-order valence-corrected chi connectivity index (χ1v) is 16.9. The van der Waals surface area contributed by atoms with Gasteiger partial charge < -0.3 is 35.9 Å². The van der Waals surface area contributed by atoms with E-state index in [2.05, 4.69) is 15.5 Å². The molecule has 0 saturated carbocycles. The number of rotatable bonds is 7. The number of anilines is 2. The van der Waals surface area contributed by atoms with E-state index >= 15 is 0 Å². The maximum absolute atomic E-state index is 13.8. The number of urea groups is 1. The molecule has 4 heterocycles. The summed E-state index contributed by atoms with van der Waals surface area (Å²) in [4.78, 5) is 51.4. The first kappa shape index (κ1) is 34.1. The number of nitrogens with two attached hydrogens (primary N) is 1. The van der Waals surface area contributed by atoms with Crippen LogP contribution in [-0.4, -0.2) is 102 Å². The molecule has 11 nitrogen and oxygen atoms in total. The van der Waals surface area contributed by atoms with Gasteiger partial charge in [-0.25, -0.2) is 9.59 Å². The highest BCUT2D eigenvalue weighted by Crippen LogP contribution is 2.38. The number of nitrogen functional groups attached to an aromatic ring is 1. The Morgan fingerprint density at radius 1 is 1.00 bits per heavy atom. The van der Waals surface area contributed by atoms with Crippen LogP contribution in [0.5, 0.6) is 0 Å². The zero-order valence-corrected chi connectivity index (χ0v) is 27.4. The van der Waals surface area contributed by atoms with Crippen LogP contribution in [0.1, 0.15) is 48.8 Å². The van der Waals surface area contributed by atoms with Crippen molar-refractivity contribution >= 4 is 41.0 Å². The van der Waals surface area contributed by atoms with Crippen LogP contribution < -0.4 is 16.4 Å². The second-order valence-corrected chi connectivity index (χ2v) is 13.4. The van der Waals surface area contributed by atoms with Crippen molar-refractivity contribution in [2.24, 2.45) is 0 Å². The highest BCUT2D eigenvalue weighted by Gasteiger charge is 2.37. The number of likely N-dealkylation sites (tertiary alicyclic amines) is 2. The van der Waals surface area contributed by atoms with Crippen molar-refractivity contribution < 1.29 is 32.4 Å². The Hall–Kier alpha value is -3.75. The molecule has 0 unspecified atom stereocenters. The topological polar surface area (TPSA) is 123 Å². The van der Waals surface area contributed by atoms with E-state index in [0.29, 0.717) is 51.6 Å². The minimum Gasteiger partial charge on any atom is -0.397 e. The van der Waals surface area contributed by atoms with Gasteiger partial charge in [0, 0.05) is 56.9 Å². The molecule has 4 aliphatic heterocycles. The van der Waals surface area contributed by atoms with E-state index in [4.69, 9.17) is 22.2 Å². The number of alkyl halides is 3. The van der Waals surface area contributed by atoms with Gasteiger partial charge in [-0.1, -0.05) is 29.8 Å². The van der Waals surface area contributed by atoms with E-state index in [1.165, 1.54) is 11.1 Å². The molecule has 2 aromatic rings. The molecule has 0 aliphatic carbocycles. The van der Waals surface area contributed by atoms with Crippen LogP contribution in [0.3, 0.4) is 0 Å². The van der Waals surface area contributed by atoms with E-state index in [9.17, 15) is 27.6 Å². The van der Waals surface area contributed by atoms with Crippen molar-refractivity contribution in [3.8, 4) is 0 Å². The van der Waals surface area contributed by atoms with Gasteiger partial charge >= 0.3 is 18.3 Å². The molecule has 0 spiro atoms. The number of halogens is 4. The van der Waals surface area contributed by atoms with Gasteiger partial charge in [-0.05, 0) is 80.9 Å². The van der Waals surface area contributed by atoms with Crippen LogP contribution in [-0.2, 0) is 28.7 Å². The third-order valence-corrected chi connectivity index (χ3v) is 10.2. The Kier molecular flexibility index (Phi) is 10.2. The molecule has 4 N–H and O–H groups in total. The summed E-state index contributed by atoms with van der Waals surface area (Å²) in [5.41, 5.74) is 5.92. The van der Waals surface area contributed by atoms with Gasteiger partial charge in [0.1, 0.15) is 6.04 Å². The van der Waals surface area contributed by atoms with Crippen molar-refractivity contribution in [2.75, 3.05) is 56.9 Å². The highest BCUT2D eigenvalue weighted by molar-refractivity contribution is 6.33. The fourth-order valence-corrected chi connectivity index (χ4v) is 7.35. The monoisotopic (exact) mass is 691 g/mol. The maximum atomic E-state index is 13.8. The molecule has 4 aliphatic rings. The second kappa shape index (κ2) is 14.4. The number of amides is 4. The molecule has 3 fully saturated rings. The number of carbonyl (C=O) groups is 3. The minimum absolute atomic E-state index is 0.0474. The van der Waals surface area contributed by atoms with Crippen molar-refractivity contribution in [3.63, 3.8) is 0 Å². The van der Waals surface area contributed by atoms with Crippen molar-refractivity contribution in [1.82, 2.24) is 25.1 Å². The van der Waals surface area contributed by atoms with Gasteiger partial charge in [-0.2, -0.15) is 13.2 Å². The van der Waals surface area contributed by atoms with Crippen LogP contribution in [0.25, 0.3) is 0 Å². The van der Waals surface area contributed by atoms with E-state index in [-0.39, 0.29) is 29.1 Å². The quantitative estimate of drug-likeness (QED) is 0.359. The third kappa shape index (κ3) is 7.76. The SMILES string of the molecule is Nc1c(Cl)cc(C[C@@H](NC(=O)ON2CCC(N3CCc4ccccc4NC3=O)CC2)C(=O)N2CCC(N3CCC3)CC2)cc1C(F)(F)F. The van der Waals surface area contributed by atoms with Gasteiger partial charge in [-0.3, -0.25) is 4.79 Å². The van der Waals surface area contributed by atoms with Crippen molar-refractivity contribution in [2.45, 2.75) is 69.2 Å². The summed E-state index contributed by atoms with van der Waals surface area (Å²) in [6.07, 6.45) is -1.29. The number of nitrogens with zero attached hydrogens (tertiary/aromatic N) is 4. The largest absolute Gasteiger partial charge is 0.426 e.